The molecule has 1 heterocycles. The summed E-state index contributed by atoms with van der Waals surface area (Å²) in [4.78, 5) is 16.1. The van der Waals surface area contributed by atoms with Crippen LogP contribution in [0.1, 0.15) is 36.6 Å². The lowest BCUT2D eigenvalue weighted by Gasteiger charge is -2.46. The SMILES string of the molecule is CCOC(=O)C1=C(Nc2ccc(Br)cc2)C[C@H](c2ccc(Cl)cc2)N(c2ccc(Br)cc2)[C@H]1c1ccc(Cl)cc1. The Labute approximate surface area is 261 Å². The number of esters is 1. The number of nitrogens with one attached hydrogen (secondary N) is 1. The number of anilines is 2. The van der Waals surface area contributed by atoms with Gasteiger partial charge in [0.2, 0.25) is 0 Å². The zero-order chi connectivity index (χ0) is 28.2. The first-order valence-electron chi connectivity index (χ1n) is 12.8. The van der Waals surface area contributed by atoms with E-state index in [1.54, 1.807) is 0 Å². The lowest BCUT2D eigenvalue weighted by atomic mass is 9.84. The van der Waals surface area contributed by atoms with Gasteiger partial charge in [-0.25, -0.2) is 4.79 Å². The van der Waals surface area contributed by atoms with E-state index in [1.165, 1.54) is 0 Å². The zero-order valence-corrected chi connectivity index (χ0v) is 26.3. The molecule has 0 aromatic heterocycles. The highest BCUT2D eigenvalue weighted by molar-refractivity contribution is 9.10. The minimum Gasteiger partial charge on any atom is -0.463 e. The molecule has 204 valence electrons. The average molecular weight is 701 g/mol. The second-order valence-electron chi connectivity index (χ2n) is 9.35. The van der Waals surface area contributed by atoms with E-state index >= 15 is 0 Å². The van der Waals surface area contributed by atoms with Crippen LogP contribution in [0.3, 0.4) is 0 Å². The molecule has 0 saturated heterocycles. The summed E-state index contributed by atoms with van der Waals surface area (Å²) in [7, 11) is 0. The van der Waals surface area contributed by atoms with E-state index in [2.05, 4.69) is 54.2 Å². The van der Waals surface area contributed by atoms with Gasteiger partial charge in [-0.2, -0.15) is 0 Å². The first-order chi connectivity index (χ1) is 19.3. The number of benzene rings is 4. The molecule has 1 aliphatic heterocycles. The molecule has 4 aromatic rings. The second-order valence-corrected chi connectivity index (χ2v) is 12.1. The van der Waals surface area contributed by atoms with Gasteiger partial charge in [0.1, 0.15) is 0 Å². The van der Waals surface area contributed by atoms with Crippen LogP contribution in [0.5, 0.6) is 0 Å². The number of carbonyl (C=O) groups excluding carboxylic acids is 1. The molecule has 0 amide bonds. The monoisotopic (exact) mass is 698 g/mol. The summed E-state index contributed by atoms with van der Waals surface area (Å²) in [5.41, 5.74) is 5.19. The van der Waals surface area contributed by atoms with Crippen molar-refractivity contribution in [3.63, 3.8) is 0 Å². The average Bonchev–Trinajstić information content (AvgIpc) is 2.95. The molecule has 0 saturated carbocycles. The van der Waals surface area contributed by atoms with Crippen molar-refractivity contribution >= 4 is 72.4 Å². The third-order valence-corrected chi connectivity index (χ3v) is 8.37. The molecule has 1 aliphatic rings. The maximum atomic E-state index is 13.8. The van der Waals surface area contributed by atoms with Crippen molar-refractivity contribution in [3.05, 3.63) is 138 Å². The van der Waals surface area contributed by atoms with Crippen molar-refractivity contribution in [2.75, 3.05) is 16.8 Å². The van der Waals surface area contributed by atoms with Crippen LogP contribution < -0.4 is 10.2 Å². The number of rotatable bonds is 7. The topological polar surface area (TPSA) is 41.6 Å². The summed E-state index contributed by atoms with van der Waals surface area (Å²) in [6, 6.07) is 31.0. The van der Waals surface area contributed by atoms with Gasteiger partial charge in [-0.3, -0.25) is 0 Å². The van der Waals surface area contributed by atoms with E-state index in [-0.39, 0.29) is 18.6 Å². The minimum absolute atomic E-state index is 0.129. The highest BCUT2D eigenvalue weighted by Crippen LogP contribution is 2.48. The number of halogens is 4. The Bertz CT molecular complexity index is 1510. The second kappa shape index (κ2) is 12.8. The van der Waals surface area contributed by atoms with Crippen LogP contribution in [0.2, 0.25) is 10.0 Å². The van der Waals surface area contributed by atoms with Gasteiger partial charge in [-0.15, -0.1) is 0 Å². The van der Waals surface area contributed by atoms with Crippen LogP contribution in [0.15, 0.2) is 117 Å². The highest BCUT2D eigenvalue weighted by atomic mass is 79.9. The van der Waals surface area contributed by atoms with Crippen LogP contribution in [-0.2, 0) is 9.53 Å². The summed E-state index contributed by atoms with van der Waals surface area (Å²) in [6.07, 6.45) is 0.534. The fourth-order valence-electron chi connectivity index (χ4n) is 5.03. The first-order valence-corrected chi connectivity index (χ1v) is 15.2. The molecule has 0 bridgehead atoms. The van der Waals surface area contributed by atoms with E-state index in [0.29, 0.717) is 22.0 Å². The largest absolute Gasteiger partial charge is 0.463 e. The van der Waals surface area contributed by atoms with Gasteiger partial charge in [0, 0.05) is 42.5 Å². The van der Waals surface area contributed by atoms with E-state index in [1.807, 2.05) is 91.9 Å². The molecule has 0 unspecified atom stereocenters. The van der Waals surface area contributed by atoms with E-state index in [9.17, 15) is 4.79 Å². The molecule has 4 nitrogen and oxygen atoms in total. The van der Waals surface area contributed by atoms with E-state index in [4.69, 9.17) is 27.9 Å². The standard InChI is InChI=1S/C32H26Br2Cl2N2O2/c1-2-40-32(39)30-28(37-26-15-7-22(33)8-16-26)19-29(20-3-11-24(35)12-4-20)38(27-17-9-23(34)10-18-27)31(30)21-5-13-25(36)14-6-21/h3-18,29,31,37H,2,19H2,1H3/t29-,31+/m1/s1. The van der Waals surface area contributed by atoms with Crippen LogP contribution in [0.25, 0.3) is 0 Å². The predicted molar refractivity (Wildman–Crippen MR) is 171 cm³/mol. The lowest BCUT2D eigenvalue weighted by Crippen LogP contribution is -2.41. The van der Waals surface area contributed by atoms with Crippen molar-refractivity contribution in [3.8, 4) is 0 Å². The Balaban J connectivity index is 1.77. The Hall–Kier alpha value is -2.77. The Morgan fingerprint density at radius 3 is 1.90 bits per heavy atom. The Kier molecular flexibility index (Phi) is 9.21. The van der Waals surface area contributed by atoms with E-state index in [0.717, 1.165) is 37.1 Å². The Morgan fingerprint density at radius 1 is 0.825 bits per heavy atom. The lowest BCUT2D eigenvalue weighted by molar-refractivity contribution is -0.139. The molecule has 4 aromatic carbocycles. The van der Waals surface area contributed by atoms with Gasteiger partial charge >= 0.3 is 5.97 Å². The van der Waals surface area contributed by atoms with Crippen molar-refractivity contribution in [2.24, 2.45) is 0 Å². The smallest absolute Gasteiger partial charge is 0.338 e. The zero-order valence-electron chi connectivity index (χ0n) is 21.6. The summed E-state index contributed by atoms with van der Waals surface area (Å²) in [5.74, 6) is -0.362. The molecule has 2 atom stereocenters. The van der Waals surface area contributed by atoms with Crippen molar-refractivity contribution < 1.29 is 9.53 Å². The first kappa shape index (κ1) is 28.7. The number of nitrogens with zero attached hydrogens (tertiary/aromatic N) is 1. The van der Waals surface area contributed by atoms with Gasteiger partial charge in [0.05, 0.1) is 24.3 Å². The van der Waals surface area contributed by atoms with Crippen LogP contribution >= 0.6 is 55.1 Å². The van der Waals surface area contributed by atoms with Crippen LogP contribution in [0, 0.1) is 0 Å². The van der Waals surface area contributed by atoms with Crippen molar-refractivity contribution in [1.82, 2.24) is 0 Å². The normalized spacial score (nSPS) is 17.1. The minimum atomic E-state index is -0.468. The number of hydrogen-bond acceptors (Lipinski definition) is 4. The third kappa shape index (κ3) is 6.41. The molecule has 40 heavy (non-hydrogen) atoms. The van der Waals surface area contributed by atoms with Gasteiger partial charge < -0.3 is 15.0 Å². The summed E-state index contributed by atoms with van der Waals surface area (Å²) >= 11 is 19.7. The molecular formula is C32H26Br2Cl2N2O2. The summed E-state index contributed by atoms with van der Waals surface area (Å²) < 4.78 is 7.63. The van der Waals surface area contributed by atoms with Crippen molar-refractivity contribution in [2.45, 2.75) is 25.4 Å². The summed E-state index contributed by atoms with van der Waals surface area (Å²) in [6.45, 7) is 2.09. The fourth-order valence-corrected chi connectivity index (χ4v) is 5.81. The molecule has 0 radical (unpaired) electrons. The predicted octanol–water partition coefficient (Wildman–Crippen LogP) is 10.1. The molecule has 0 spiro atoms. The van der Waals surface area contributed by atoms with Gasteiger partial charge in [-0.1, -0.05) is 79.3 Å². The quantitative estimate of drug-likeness (QED) is 0.195. The molecular weight excluding hydrogens is 675 g/mol. The molecule has 1 N–H and O–H groups in total. The van der Waals surface area contributed by atoms with E-state index < -0.39 is 6.04 Å². The van der Waals surface area contributed by atoms with Gasteiger partial charge in [0.15, 0.2) is 0 Å². The number of carbonyl (C=O) groups is 1. The maximum absolute atomic E-state index is 13.8. The fraction of sp³-hybridized carbons (Fsp3) is 0.156. The molecule has 5 rings (SSSR count). The number of ether oxygens (including phenoxy) is 1. The Morgan fingerprint density at radius 2 is 1.35 bits per heavy atom. The summed E-state index contributed by atoms with van der Waals surface area (Å²) in [5, 5.41) is 4.86. The third-order valence-electron chi connectivity index (χ3n) is 6.81. The highest BCUT2D eigenvalue weighted by Gasteiger charge is 2.41. The van der Waals surface area contributed by atoms with Crippen molar-refractivity contribution in [1.29, 1.82) is 0 Å². The van der Waals surface area contributed by atoms with Crippen LogP contribution in [-0.4, -0.2) is 12.6 Å². The van der Waals surface area contributed by atoms with Gasteiger partial charge in [0.25, 0.3) is 0 Å². The molecule has 8 heteroatoms. The molecule has 0 fully saturated rings. The number of hydrogen-bond donors (Lipinski definition) is 1. The maximum Gasteiger partial charge on any atom is 0.338 e. The van der Waals surface area contributed by atoms with Crippen LogP contribution in [0.4, 0.5) is 11.4 Å². The molecule has 0 aliphatic carbocycles. The van der Waals surface area contributed by atoms with Gasteiger partial charge in [-0.05, 0) is 90.8 Å².